The van der Waals surface area contributed by atoms with Crippen LogP contribution in [-0.4, -0.2) is 28.0 Å². The molecule has 1 aromatic heterocycles. The van der Waals surface area contributed by atoms with Crippen molar-refractivity contribution in [2.24, 2.45) is 0 Å². The first-order valence-corrected chi connectivity index (χ1v) is 5.54. The number of hydrogen-bond acceptors (Lipinski definition) is 4. The van der Waals surface area contributed by atoms with E-state index in [2.05, 4.69) is 20.6 Å². The van der Waals surface area contributed by atoms with E-state index in [0.29, 0.717) is 11.7 Å². The van der Waals surface area contributed by atoms with Gasteiger partial charge in [-0.15, -0.1) is 0 Å². The Morgan fingerprint density at radius 1 is 1.38 bits per heavy atom. The second kappa shape index (κ2) is 4.47. The molecule has 0 unspecified atom stereocenters. The lowest BCUT2D eigenvalue weighted by molar-refractivity contribution is 0.0937. The van der Waals surface area contributed by atoms with E-state index >= 15 is 0 Å². The predicted octanol–water partition coefficient (Wildman–Crippen LogP) is 1.19. The van der Waals surface area contributed by atoms with Crippen LogP contribution in [0.4, 0.5) is 5.82 Å². The lowest BCUT2D eigenvalue weighted by Crippen LogP contribution is -2.30. The molecule has 0 bridgehead atoms. The highest BCUT2D eigenvalue weighted by atomic mass is 16.1. The fourth-order valence-corrected chi connectivity index (χ4v) is 1.29. The first-order chi connectivity index (χ1) is 7.65. The molecule has 5 heteroatoms. The van der Waals surface area contributed by atoms with Crippen molar-refractivity contribution in [3.8, 4) is 0 Å². The Balaban J connectivity index is 1.97. The number of rotatable bonds is 4. The molecule has 1 aliphatic rings. The van der Waals surface area contributed by atoms with Crippen LogP contribution < -0.4 is 10.6 Å². The summed E-state index contributed by atoms with van der Waals surface area (Å²) in [6, 6.07) is 0.656. The van der Waals surface area contributed by atoms with Crippen LogP contribution in [0, 0.1) is 0 Å². The predicted molar refractivity (Wildman–Crippen MR) is 61.3 cm³/mol. The molecule has 0 radical (unpaired) electrons. The zero-order chi connectivity index (χ0) is 11.5. The van der Waals surface area contributed by atoms with Gasteiger partial charge in [0.15, 0.2) is 0 Å². The second-order valence-electron chi connectivity index (χ2n) is 4.33. The van der Waals surface area contributed by atoms with Crippen molar-refractivity contribution in [2.45, 2.75) is 38.8 Å². The molecule has 0 aliphatic heterocycles. The van der Waals surface area contributed by atoms with Gasteiger partial charge in [-0.05, 0) is 26.7 Å². The van der Waals surface area contributed by atoms with Crippen LogP contribution in [0.15, 0.2) is 12.4 Å². The van der Waals surface area contributed by atoms with E-state index in [0.717, 1.165) is 5.82 Å². The number of aromatic nitrogens is 2. The monoisotopic (exact) mass is 220 g/mol. The molecule has 1 fully saturated rings. The summed E-state index contributed by atoms with van der Waals surface area (Å²) < 4.78 is 0. The zero-order valence-electron chi connectivity index (χ0n) is 9.53. The quantitative estimate of drug-likeness (QED) is 0.799. The molecule has 5 nitrogen and oxygen atoms in total. The highest BCUT2D eigenvalue weighted by Crippen LogP contribution is 2.22. The Bertz CT molecular complexity index is 370. The third-order valence-corrected chi connectivity index (χ3v) is 2.23. The van der Waals surface area contributed by atoms with E-state index in [9.17, 15) is 4.79 Å². The van der Waals surface area contributed by atoms with Crippen LogP contribution >= 0.6 is 0 Å². The van der Waals surface area contributed by atoms with Gasteiger partial charge in [0.1, 0.15) is 11.5 Å². The molecule has 1 saturated carbocycles. The van der Waals surface area contributed by atoms with Gasteiger partial charge in [0.05, 0.1) is 12.4 Å². The van der Waals surface area contributed by atoms with Gasteiger partial charge in [-0.3, -0.25) is 4.79 Å². The number of nitrogens with one attached hydrogen (secondary N) is 2. The number of hydrogen-bond donors (Lipinski definition) is 2. The summed E-state index contributed by atoms with van der Waals surface area (Å²) in [7, 11) is 0. The Labute approximate surface area is 94.7 Å². The summed E-state index contributed by atoms with van der Waals surface area (Å²) in [6.45, 7) is 3.82. The van der Waals surface area contributed by atoms with Gasteiger partial charge in [0.25, 0.3) is 5.91 Å². The molecule has 86 valence electrons. The van der Waals surface area contributed by atoms with Gasteiger partial charge < -0.3 is 10.6 Å². The minimum absolute atomic E-state index is 0.110. The van der Waals surface area contributed by atoms with Crippen molar-refractivity contribution in [2.75, 3.05) is 5.32 Å². The summed E-state index contributed by atoms with van der Waals surface area (Å²) in [5.74, 6) is 0.559. The molecule has 0 atom stereocenters. The molecule has 16 heavy (non-hydrogen) atoms. The molecule has 2 rings (SSSR count). The number of amides is 1. The molecule has 2 N–H and O–H groups in total. The first-order valence-electron chi connectivity index (χ1n) is 5.54. The average molecular weight is 220 g/mol. The average Bonchev–Trinajstić information content (AvgIpc) is 3.01. The summed E-state index contributed by atoms with van der Waals surface area (Å²) in [5.41, 5.74) is 0.357. The first kappa shape index (κ1) is 10.9. The molecule has 0 saturated heterocycles. The maximum Gasteiger partial charge on any atom is 0.271 e. The molecule has 0 aromatic carbocycles. The van der Waals surface area contributed by atoms with Crippen molar-refractivity contribution in [1.29, 1.82) is 0 Å². The minimum atomic E-state index is -0.180. The Kier molecular flexibility index (Phi) is 3.03. The number of anilines is 1. The van der Waals surface area contributed by atoms with Crippen LogP contribution in [-0.2, 0) is 0 Å². The maximum atomic E-state index is 11.6. The highest BCUT2D eigenvalue weighted by Gasteiger charge is 2.21. The number of carbonyl (C=O) groups is 1. The van der Waals surface area contributed by atoms with Crippen LogP contribution in [0.25, 0.3) is 0 Å². The van der Waals surface area contributed by atoms with E-state index in [1.54, 1.807) is 6.20 Å². The fraction of sp³-hybridized carbons (Fsp3) is 0.545. The van der Waals surface area contributed by atoms with E-state index in [1.165, 1.54) is 19.0 Å². The lowest BCUT2D eigenvalue weighted by atomic mass is 10.3. The van der Waals surface area contributed by atoms with E-state index in [1.807, 2.05) is 13.8 Å². The molecular formula is C11H16N4O. The topological polar surface area (TPSA) is 66.9 Å². The fourth-order valence-electron chi connectivity index (χ4n) is 1.29. The SMILES string of the molecule is CC(C)NC(=O)c1cnc(NC2CC2)cn1. The van der Waals surface area contributed by atoms with Crippen LogP contribution in [0.3, 0.4) is 0 Å². The standard InChI is InChI=1S/C11H16N4O/c1-7(2)14-11(16)9-5-13-10(6-12-9)15-8-3-4-8/h5-8H,3-4H2,1-2H3,(H,13,15)(H,14,16). The summed E-state index contributed by atoms with van der Waals surface area (Å²) in [6.07, 6.45) is 5.49. The second-order valence-corrected chi connectivity index (χ2v) is 4.33. The van der Waals surface area contributed by atoms with E-state index < -0.39 is 0 Å². The zero-order valence-corrected chi connectivity index (χ0v) is 9.53. The van der Waals surface area contributed by atoms with Gasteiger partial charge in [-0.25, -0.2) is 9.97 Å². The van der Waals surface area contributed by atoms with Crippen LogP contribution in [0.2, 0.25) is 0 Å². The van der Waals surface area contributed by atoms with Gasteiger partial charge in [-0.1, -0.05) is 0 Å². The Morgan fingerprint density at radius 2 is 2.12 bits per heavy atom. The van der Waals surface area contributed by atoms with Crippen molar-refractivity contribution in [3.63, 3.8) is 0 Å². The van der Waals surface area contributed by atoms with Crippen LogP contribution in [0.1, 0.15) is 37.2 Å². The van der Waals surface area contributed by atoms with Crippen molar-refractivity contribution >= 4 is 11.7 Å². The third-order valence-electron chi connectivity index (χ3n) is 2.23. The van der Waals surface area contributed by atoms with Crippen molar-refractivity contribution in [3.05, 3.63) is 18.1 Å². The molecule has 1 heterocycles. The number of nitrogens with zero attached hydrogens (tertiary/aromatic N) is 2. The smallest absolute Gasteiger partial charge is 0.271 e. The molecule has 0 spiro atoms. The maximum absolute atomic E-state index is 11.6. The van der Waals surface area contributed by atoms with Gasteiger partial charge >= 0.3 is 0 Å². The Morgan fingerprint density at radius 3 is 2.62 bits per heavy atom. The largest absolute Gasteiger partial charge is 0.366 e. The van der Waals surface area contributed by atoms with Crippen molar-refractivity contribution in [1.82, 2.24) is 15.3 Å². The Hall–Kier alpha value is -1.65. The lowest BCUT2D eigenvalue weighted by Gasteiger charge is -2.08. The van der Waals surface area contributed by atoms with Crippen LogP contribution in [0.5, 0.6) is 0 Å². The number of carbonyl (C=O) groups excluding carboxylic acids is 1. The minimum Gasteiger partial charge on any atom is -0.366 e. The summed E-state index contributed by atoms with van der Waals surface area (Å²) in [5, 5.41) is 5.99. The molecule has 1 aliphatic carbocycles. The normalized spacial score (nSPS) is 14.9. The molecular weight excluding hydrogens is 204 g/mol. The van der Waals surface area contributed by atoms with Gasteiger partial charge in [0.2, 0.25) is 0 Å². The molecule has 1 amide bonds. The molecule has 1 aromatic rings. The van der Waals surface area contributed by atoms with Gasteiger partial charge in [-0.2, -0.15) is 0 Å². The van der Waals surface area contributed by atoms with Gasteiger partial charge in [0, 0.05) is 12.1 Å². The van der Waals surface area contributed by atoms with E-state index in [-0.39, 0.29) is 11.9 Å². The summed E-state index contributed by atoms with van der Waals surface area (Å²) >= 11 is 0. The third kappa shape index (κ3) is 2.92. The van der Waals surface area contributed by atoms with E-state index in [4.69, 9.17) is 0 Å². The van der Waals surface area contributed by atoms with Crippen molar-refractivity contribution < 1.29 is 4.79 Å². The summed E-state index contributed by atoms with van der Waals surface area (Å²) in [4.78, 5) is 19.8. The highest BCUT2D eigenvalue weighted by molar-refractivity contribution is 5.92.